The van der Waals surface area contributed by atoms with E-state index in [1.165, 1.54) is 25.7 Å². The summed E-state index contributed by atoms with van der Waals surface area (Å²) in [4.78, 5) is 12.1. The number of carbonyl (C=O) groups is 1. The van der Waals surface area contributed by atoms with Crippen LogP contribution in [0, 0.1) is 5.92 Å². The van der Waals surface area contributed by atoms with Gasteiger partial charge in [-0.2, -0.15) is 0 Å². The number of nitrogens with two attached hydrogens (primary N) is 1. The summed E-state index contributed by atoms with van der Waals surface area (Å²) in [5, 5.41) is 14.7. The van der Waals surface area contributed by atoms with Crippen LogP contribution in [0.2, 0.25) is 0 Å². The molecule has 110 valence electrons. The van der Waals surface area contributed by atoms with E-state index in [0.29, 0.717) is 18.8 Å². The van der Waals surface area contributed by atoms with Gasteiger partial charge in [-0.3, -0.25) is 4.79 Å². The lowest BCUT2D eigenvalue weighted by Crippen LogP contribution is -2.55. The second kappa shape index (κ2) is 7.36. The Kier molecular flexibility index (Phi) is 6.12. The predicted octanol–water partition coefficient (Wildman–Crippen LogP) is 2.38. The van der Waals surface area contributed by atoms with Gasteiger partial charge in [0.2, 0.25) is 5.91 Å². The molecular formula is C14H27N3O2. The van der Waals surface area contributed by atoms with Crippen LogP contribution in [-0.4, -0.2) is 22.5 Å². The van der Waals surface area contributed by atoms with Crippen molar-refractivity contribution in [2.75, 3.05) is 0 Å². The quantitative estimate of drug-likeness (QED) is 0.235. The number of oxime groups is 1. The van der Waals surface area contributed by atoms with E-state index in [4.69, 9.17) is 10.9 Å². The Labute approximate surface area is 115 Å². The number of hydrogen-bond acceptors (Lipinski definition) is 3. The zero-order valence-corrected chi connectivity index (χ0v) is 12.1. The fraction of sp³-hybridized carbons (Fsp3) is 0.857. The molecule has 1 rings (SSSR count). The van der Waals surface area contributed by atoms with Crippen molar-refractivity contribution in [3.63, 3.8) is 0 Å². The summed E-state index contributed by atoms with van der Waals surface area (Å²) in [7, 11) is 0. The van der Waals surface area contributed by atoms with Crippen molar-refractivity contribution in [3.05, 3.63) is 0 Å². The summed E-state index contributed by atoms with van der Waals surface area (Å²) in [6.07, 6.45) is 8.45. The molecule has 1 aliphatic carbocycles. The van der Waals surface area contributed by atoms with Crippen LogP contribution >= 0.6 is 0 Å². The molecule has 1 fully saturated rings. The van der Waals surface area contributed by atoms with Crippen LogP contribution in [0.15, 0.2) is 5.16 Å². The predicted molar refractivity (Wildman–Crippen MR) is 76.1 cm³/mol. The van der Waals surface area contributed by atoms with Gasteiger partial charge in [-0.05, 0) is 32.1 Å². The zero-order chi connectivity index (χ0) is 14.3. The molecule has 5 heteroatoms. The number of nitrogens with zero attached hydrogens (tertiary/aromatic N) is 1. The standard InChI is InChI=1S/C14H27N3O2/c1-3-14(2,13(15)17-19)16-12(18)10-11-8-6-4-5-7-9-11/h11,19H,3-10H2,1-2H3,(H2,15,17)(H,16,18). The monoisotopic (exact) mass is 269 g/mol. The average molecular weight is 269 g/mol. The Hall–Kier alpha value is -1.26. The van der Waals surface area contributed by atoms with E-state index < -0.39 is 5.54 Å². The molecule has 1 saturated carbocycles. The largest absolute Gasteiger partial charge is 0.409 e. The molecule has 0 aliphatic heterocycles. The van der Waals surface area contributed by atoms with Crippen LogP contribution in [0.5, 0.6) is 0 Å². The van der Waals surface area contributed by atoms with Gasteiger partial charge in [-0.25, -0.2) is 0 Å². The van der Waals surface area contributed by atoms with Gasteiger partial charge in [0.15, 0.2) is 5.84 Å². The lowest BCUT2D eigenvalue weighted by molar-refractivity contribution is -0.123. The first-order chi connectivity index (χ1) is 9.01. The molecule has 0 spiro atoms. The Morgan fingerprint density at radius 3 is 2.42 bits per heavy atom. The number of rotatable bonds is 5. The number of carbonyl (C=O) groups excluding carboxylic acids is 1. The molecule has 0 aromatic rings. The maximum Gasteiger partial charge on any atom is 0.221 e. The average Bonchev–Trinajstić information content (AvgIpc) is 2.65. The highest BCUT2D eigenvalue weighted by atomic mass is 16.4. The summed E-state index contributed by atoms with van der Waals surface area (Å²) in [5.41, 5.74) is 4.90. The van der Waals surface area contributed by atoms with Crippen LogP contribution in [-0.2, 0) is 4.79 Å². The van der Waals surface area contributed by atoms with Gasteiger partial charge in [-0.1, -0.05) is 37.8 Å². The molecule has 4 N–H and O–H groups in total. The minimum absolute atomic E-state index is 0.00264. The van der Waals surface area contributed by atoms with Crippen molar-refractivity contribution in [1.82, 2.24) is 5.32 Å². The summed E-state index contributed by atoms with van der Waals surface area (Å²) in [5.74, 6) is 0.544. The molecule has 19 heavy (non-hydrogen) atoms. The van der Waals surface area contributed by atoms with Gasteiger partial charge < -0.3 is 16.3 Å². The maximum absolute atomic E-state index is 12.1. The second-order valence-corrected chi connectivity index (χ2v) is 5.78. The zero-order valence-electron chi connectivity index (χ0n) is 12.1. The fourth-order valence-electron chi connectivity index (χ4n) is 2.63. The third-order valence-corrected chi connectivity index (χ3v) is 4.24. The molecule has 0 radical (unpaired) electrons. The van der Waals surface area contributed by atoms with Gasteiger partial charge in [0, 0.05) is 6.42 Å². The highest BCUT2D eigenvalue weighted by molar-refractivity contribution is 5.93. The van der Waals surface area contributed by atoms with Gasteiger partial charge in [0.1, 0.15) is 0 Å². The molecule has 1 aliphatic rings. The highest BCUT2D eigenvalue weighted by Crippen LogP contribution is 2.25. The first kappa shape index (κ1) is 15.8. The minimum atomic E-state index is -0.753. The summed E-state index contributed by atoms with van der Waals surface area (Å²) in [6, 6.07) is 0. The van der Waals surface area contributed by atoms with Crippen molar-refractivity contribution < 1.29 is 10.0 Å². The number of amides is 1. The lowest BCUT2D eigenvalue weighted by atomic mass is 9.93. The molecule has 0 saturated heterocycles. The maximum atomic E-state index is 12.1. The summed E-state index contributed by atoms with van der Waals surface area (Å²) in [6.45, 7) is 3.69. The molecule has 1 amide bonds. The van der Waals surface area contributed by atoms with E-state index in [9.17, 15) is 4.79 Å². The molecule has 0 heterocycles. The highest BCUT2D eigenvalue weighted by Gasteiger charge is 2.30. The Morgan fingerprint density at radius 2 is 1.95 bits per heavy atom. The van der Waals surface area contributed by atoms with Gasteiger partial charge >= 0.3 is 0 Å². The summed E-state index contributed by atoms with van der Waals surface area (Å²) >= 11 is 0. The molecule has 0 bridgehead atoms. The van der Waals surface area contributed by atoms with Crippen LogP contribution in [0.1, 0.15) is 65.2 Å². The Morgan fingerprint density at radius 1 is 1.37 bits per heavy atom. The number of amidine groups is 1. The van der Waals surface area contributed by atoms with Crippen LogP contribution in [0.4, 0.5) is 0 Å². The van der Waals surface area contributed by atoms with Crippen molar-refractivity contribution in [2.24, 2.45) is 16.8 Å². The third kappa shape index (κ3) is 4.73. The SMILES string of the molecule is CCC(C)(NC(=O)CC1CCCCCC1)C(N)=NO. The van der Waals surface area contributed by atoms with E-state index in [1.807, 2.05) is 6.92 Å². The van der Waals surface area contributed by atoms with Crippen molar-refractivity contribution in [3.8, 4) is 0 Å². The second-order valence-electron chi connectivity index (χ2n) is 5.78. The smallest absolute Gasteiger partial charge is 0.221 e. The van der Waals surface area contributed by atoms with Gasteiger partial charge in [0.05, 0.1) is 5.54 Å². The van der Waals surface area contributed by atoms with E-state index >= 15 is 0 Å². The molecule has 1 unspecified atom stereocenters. The van der Waals surface area contributed by atoms with E-state index in [-0.39, 0.29) is 11.7 Å². The topological polar surface area (TPSA) is 87.7 Å². The molecular weight excluding hydrogens is 242 g/mol. The first-order valence-corrected chi connectivity index (χ1v) is 7.31. The third-order valence-electron chi connectivity index (χ3n) is 4.24. The summed E-state index contributed by atoms with van der Waals surface area (Å²) < 4.78 is 0. The number of nitrogens with one attached hydrogen (secondary N) is 1. The molecule has 1 atom stereocenters. The van der Waals surface area contributed by atoms with Crippen LogP contribution < -0.4 is 11.1 Å². The van der Waals surface area contributed by atoms with E-state index in [2.05, 4.69) is 10.5 Å². The Balaban J connectivity index is 2.53. The van der Waals surface area contributed by atoms with E-state index in [0.717, 1.165) is 12.8 Å². The number of hydrogen-bond donors (Lipinski definition) is 3. The Bertz CT molecular complexity index is 323. The van der Waals surface area contributed by atoms with Crippen molar-refractivity contribution >= 4 is 11.7 Å². The lowest BCUT2D eigenvalue weighted by Gasteiger charge is -2.28. The van der Waals surface area contributed by atoms with Gasteiger partial charge in [0.25, 0.3) is 0 Å². The first-order valence-electron chi connectivity index (χ1n) is 7.31. The van der Waals surface area contributed by atoms with Crippen LogP contribution in [0.25, 0.3) is 0 Å². The molecule has 5 nitrogen and oxygen atoms in total. The molecule has 0 aromatic carbocycles. The minimum Gasteiger partial charge on any atom is -0.409 e. The van der Waals surface area contributed by atoms with Crippen molar-refractivity contribution in [1.29, 1.82) is 0 Å². The van der Waals surface area contributed by atoms with Crippen molar-refractivity contribution in [2.45, 2.75) is 70.8 Å². The van der Waals surface area contributed by atoms with Gasteiger partial charge in [-0.15, -0.1) is 0 Å². The molecule has 0 aromatic heterocycles. The van der Waals surface area contributed by atoms with Crippen LogP contribution in [0.3, 0.4) is 0 Å². The fourth-order valence-corrected chi connectivity index (χ4v) is 2.63. The normalized spacial score (nSPS) is 21.5. The van der Waals surface area contributed by atoms with E-state index in [1.54, 1.807) is 6.92 Å².